The van der Waals surface area contributed by atoms with Crippen LogP contribution in [0.15, 0.2) is 0 Å². The predicted octanol–water partition coefficient (Wildman–Crippen LogP) is 4.54. The third kappa shape index (κ3) is 4.45. The normalized spacial score (nSPS) is 29.0. The van der Waals surface area contributed by atoms with Crippen molar-refractivity contribution in [2.75, 3.05) is 0 Å². The van der Waals surface area contributed by atoms with Gasteiger partial charge in [-0.2, -0.15) is 13.2 Å². The highest BCUT2D eigenvalue weighted by Gasteiger charge is 2.47. The Morgan fingerprint density at radius 1 is 1.22 bits per heavy atom. The van der Waals surface area contributed by atoms with Gasteiger partial charge in [0.1, 0.15) is 0 Å². The zero-order valence-corrected chi connectivity index (χ0v) is 11.3. The second-order valence-electron chi connectivity index (χ2n) is 5.79. The average Bonchev–Trinajstić information content (AvgIpc) is 2.28. The monoisotopic (exact) mass is 266 g/mol. The van der Waals surface area contributed by atoms with Crippen molar-refractivity contribution in [2.24, 2.45) is 17.8 Å². The van der Waals surface area contributed by atoms with Crippen LogP contribution in [0, 0.1) is 17.8 Å². The van der Waals surface area contributed by atoms with Crippen LogP contribution in [0.25, 0.3) is 0 Å². The largest absolute Gasteiger partial charge is 0.393 e. The molecule has 0 aromatic heterocycles. The number of aliphatic hydroxyl groups excluding tert-OH is 1. The summed E-state index contributed by atoms with van der Waals surface area (Å²) < 4.78 is 38.8. The third-order valence-electron chi connectivity index (χ3n) is 4.16. The van der Waals surface area contributed by atoms with E-state index in [9.17, 15) is 18.3 Å². The molecule has 0 saturated heterocycles. The van der Waals surface area contributed by atoms with Crippen molar-refractivity contribution >= 4 is 0 Å². The molecule has 0 amide bonds. The Bertz CT molecular complexity index is 240. The summed E-state index contributed by atoms with van der Waals surface area (Å²) in [6.45, 7) is 4.07. The van der Waals surface area contributed by atoms with E-state index in [0.717, 1.165) is 19.3 Å². The van der Waals surface area contributed by atoms with Crippen LogP contribution in [-0.4, -0.2) is 17.4 Å². The summed E-state index contributed by atoms with van der Waals surface area (Å²) >= 11 is 0. The second kappa shape index (κ2) is 6.78. The zero-order chi connectivity index (χ0) is 13.8. The molecule has 1 N–H and O–H groups in total. The highest BCUT2D eigenvalue weighted by atomic mass is 19.4. The van der Waals surface area contributed by atoms with E-state index in [-0.39, 0.29) is 6.42 Å². The first-order valence-corrected chi connectivity index (χ1v) is 7.11. The minimum atomic E-state index is -4.15. The summed E-state index contributed by atoms with van der Waals surface area (Å²) in [6, 6.07) is 0. The lowest BCUT2D eigenvalue weighted by Crippen LogP contribution is -2.39. The van der Waals surface area contributed by atoms with E-state index < -0.39 is 24.1 Å². The highest BCUT2D eigenvalue weighted by molar-refractivity contribution is 4.85. The Morgan fingerprint density at radius 3 is 2.39 bits per heavy atom. The number of hydrogen-bond donors (Lipinski definition) is 1. The quantitative estimate of drug-likeness (QED) is 0.774. The van der Waals surface area contributed by atoms with Crippen LogP contribution >= 0.6 is 0 Å². The van der Waals surface area contributed by atoms with Crippen LogP contribution in [0.3, 0.4) is 0 Å². The summed E-state index contributed by atoms with van der Waals surface area (Å²) in [4.78, 5) is 0. The molecule has 108 valence electrons. The molecular formula is C14H25F3O. The minimum Gasteiger partial charge on any atom is -0.393 e. The molecule has 0 aliphatic heterocycles. The van der Waals surface area contributed by atoms with Gasteiger partial charge in [0, 0.05) is 0 Å². The summed E-state index contributed by atoms with van der Waals surface area (Å²) in [6.07, 6.45) is -0.294. The van der Waals surface area contributed by atoms with Gasteiger partial charge in [0.05, 0.1) is 12.0 Å². The van der Waals surface area contributed by atoms with Crippen LogP contribution in [0.2, 0.25) is 0 Å². The molecule has 0 radical (unpaired) electrons. The van der Waals surface area contributed by atoms with Crippen molar-refractivity contribution in [3.05, 3.63) is 0 Å². The molecule has 4 unspecified atom stereocenters. The SMILES string of the molecule is CCCC(C)CC(O)C1CCCCC1C(F)(F)F. The summed E-state index contributed by atoms with van der Waals surface area (Å²) in [5.74, 6) is -1.58. The zero-order valence-electron chi connectivity index (χ0n) is 11.3. The standard InChI is InChI=1S/C14H25F3O/c1-3-6-10(2)9-13(18)11-7-4-5-8-12(11)14(15,16)17/h10-13,18H,3-9H2,1-2H3. The van der Waals surface area contributed by atoms with Crippen LogP contribution in [0.5, 0.6) is 0 Å². The lowest BCUT2D eigenvalue weighted by Gasteiger charge is -2.36. The fourth-order valence-corrected chi connectivity index (χ4v) is 3.22. The lowest BCUT2D eigenvalue weighted by molar-refractivity contribution is -0.207. The van der Waals surface area contributed by atoms with Gasteiger partial charge in [-0.05, 0) is 31.1 Å². The number of hydrogen-bond acceptors (Lipinski definition) is 1. The first kappa shape index (κ1) is 15.8. The van der Waals surface area contributed by atoms with Gasteiger partial charge in [-0.15, -0.1) is 0 Å². The van der Waals surface area contributed by atoms with Crippen molar-refractivity contribution in [2.45, 2.75) is 71.1 Å². The average molecular weight is 266 g/mol. The second-order valence-corrected chi connectivity index (χ2v) is 5.79. The Kier molecular flexibility index (Phi) is 5.96. The molecule has 1 aliphatic carbocycles. The van der Waals surface area contributed by atoms with E-state index in [1.165, 1.54) is 0 Å². The maximum absolute atomic E-state index is 12.9. The van der Waals surface area contributed by atoms with Gasteiger partial charge in [0.15, 0.2) is 0 Å². The van der Waals surface area contributed by atoms with Crippen LogP contribution < -0.4 is 0 Å². The third-order valence-corrected chi connectivity index (χ3v) is 4.16. The van der Waals surface area contributed by atoms with Gasteiger partial charge >= 0.3 is 6.18 Å². The maximum atomic E-state index is 12.9. The molecule has 1 fully saturated rings. The Morgan fingerprint density at radius 2 is 1.83 bits per heavy atom. The Hall–Kier alpha value is -0.250. The Balaban J connectivity index is 2.60. The number of aliphatic hydroxyl groups is 1. The van der Waals surface area contributed by atoms with Crippen LogP contribution in [0.4, 0.5) is 13.2 Å². The molecule has 0 spiro atoms. The molecule has 4 atom stereocenters. The van der Waals surface area contributed by atoms with Crippen molar-refractivity contribution < 1.29 is 18.3 Å². The highest BCUT2D eigenvalue weighted by Crippen LogP contribution is 2.43. The topological polar surface area (TPSA) is 20.2 Å². The van der Waals surface area contributed by atoms with Crippen molar-refractivity contribution in [1.82, 2.24) is 0 Å². The Labute approximate surface area is 108 Å². The summed E-state index contributed by atoms with van der Waals surface area (Å²) in [5, 5.41) is 10.1. The molecule has 0 aromatic rings. The minimum absolute atomic E-state index is 0.188. The van der Waals surface area contributed by atoms with Gasteiger partial charge in [-0.1, -0.05) is 39.5 Å². The first-order chi connectivity index (χ1) is 8.36. The van der Waals surface area contributed by atoms with Crippen molar-refractivity contribution in [3.8, 4) is 0 Å². The van der Waals surface area contributed by atoms with Crippen molar-refractivity contribution in [3.63, 3.8) is 0 Å². The van der Waals surface area contributed by atoms with Gasteiger partial charge in [-0.25, -0.2) is 0 Å². The number of alkyl halides is 3. The van der Waals surface area contributed by atoms with Gasteiger partial charge < -0.3 is 5.11 Å². The predicted molar refractivity (Wildman–Crippen MR) is 66.2 cm³/mol. The summed E-state index contributed by atoms with van der Waals surface area (Å²) in [5.41, 5.74) is 0. The van der Waals surface area contributed by atoms with E-state index in [1.54, 1.807) is 0 Å². The molecule has 0 heterocycles. The van der Waals surface area contributed by atoms with E-state index >= 15 is 0 Å². The fourth-order valence-electron chi connectivity index (χ4n) is 3.22. The molecule has 1 aliphatic rings. The van der Waals surface area contributed by atoms with Gasteiger partial charge in [0.25, 0.3) is 0 Å². The van der Waals surface area contributed by atoms with Crippen LogP contribution in [0.1, 0.15) is 58.8 Å². The van der Waals surface area contributed by atoms with E-state index in [4.69, 9.17) is 0 Å². The molecule has 4 heteroatoms. The number of halogens is 3. The maximum Gasteiger partial charge on any atom is 0.392 e. The van der Waals surface area contributed by atoms with Crippen molar-refractivity contribution in [1.29, 1.82) is 0 Å². The van der Waals surface area contributed by atoms with Gasteiger partial charge in [0.2, 0.25) is 0 Å². The fraction of sp³-hybridized carbons (Fsp3) is 1.00. The molecule has 1 nitrogen and oxygen atoms in total. The molecule has 1 rings (SSSR count). The molecule has 1 saturated carbocycles. The molecule has 0 aromatic carbocycles. The summed E-state index contributed by atoms with van der Waals surface area (Å²) in [7, 11) is 0. The molecule has 18 heavy (non-hydrogen) atoms. The van der Waals surface area contributed by atoms with Gasteiger partial charge in [-0.3, -0.25) is 0 Å². The lowest BCUT2D eigenvalue weighted by atomic mass is 9.74. The first-order valence-electron chi connectivity index (χ1n) is 7.11. The van der Waals surface area contributed by atoms with E-state index in [0.29, 0.717) is 25.2 Å². The smallest absolute Gasteiger partial charge is 0.392 e. The number of rotatable bonds is 5. The van der Waals surface area contributed by atoms with Crippen LogP contribution in [-0.2, 0) is 0 Å². The van der Waals surface area contributed by atoms with E-state index in [1.807, 2.05) is 6.92 Å². The van der Waals surface area contributed by atoms with E-state index in [2.05, 4.69) is 6.92 Å². The molecule has 0 bridgehead atoms. The molecular weight excluding hydrogens is 241 g/mol.